The van der Waals surface area contributed by atoms with Gasteiger partial charge >= 0.3 is 0 Å². The van der Waals surface area contributed by atoms with Crippen LogP contribution in [0.5, 0.6) is 0 Å². The van der Waals surface area contributed by atoms with Crippen LogP contribution >= 0.6 is 0 Å². The Balaban J connectivity index is 2.26. The molecule has 2 heteroatoms. The van der Waals surface area contributed by atoms with Gasteiger partial charge in [0, 0.05) is 11.8 Å². The van der Waals surface area contributed by atoms with E-state index >= 15 is 0 Å². The molecule has 0 saturated carbocycles. The Hall–Kier alpha value is -1.67. The SMILES string of the molecule is CCC(O)c1ccc(-c2ccc(C)cn2)cc1. The maximum absolute atomic E-state index is 9.71. The van der Waals surface area contributed by atoms with Crippen LogP contribution in [0.2, 0.25) is 0 Å². The highest BCUT2D eigenvalue weighted by atomic mass is 16.3. The average Bonchev–Trinajstić information content (AvgIpc) is 2.39. The summed E-state index contributed by atoms with van der Waals surface area (Å²) >= 11 is 0. The van der Waals surface area contributed by atoms with Gasteiger partial charge < -0.3 is 5.11 Å². The average molecular weight is 227 g/mol. The van der Waals surface area contributed by atoms with E-state index < -0.39 is 0 Å². The van der Waals surface area contributed by atoms with Gasteiger partial charge in [-0.25, -0.2) is 0 Å². The van der Waals surface area contributed by atoms with Gasteiger partial charge in [0.25, 0.3) is 0 Å². The fourth-order valence-electron chi connectivity index (χ4n) is 1.75. The normalized spacial score (nSPS) is 12.4. The molecule has 0 radical (unpaired) electrons. The van der Waals surface area contributed by atoms with Gasteiger partial charge in [0.15, 0.2) is 0 Å². The molecule has 0 fully saturated rings. The molecule has 0 aliphatic heterocycles. The number of benzene rings is 1. The van der Waals surface area contributed by atoms with Crippen LogP contribution in [0.4, 0.5) is 0 Å². The molecule has 0 saturated heterocycles. The molecule has 2 aromatic rings. The summed E-state index contributed by atoms with van der Waals surface area (Å²) in [5, 5.41) is 9.71. The van der Waals surface area contributed by atoms with Gasteiger partial charge in [-0.15, -0.1) is 0 Å². The highest BCUT2D eigenvalue weighted by molar-refractivity contribution is 5.59. The fraction of sp³-hybridized carbons (Fsp3) is 0.267. The van der Waals surface area contributed by atoms with Gasteiger partial charge in [-0.05, 0) is 30.5 Å². The van der Waals surface area contributed by atoms with Crippen molar-refractivity contribution >= 4 is 0 Å². The van der Waals surface area contributed by atoms with E-state index in [1.54, 1.807) is 0 Å². The van der Waals surface area contributed by atoms with Gasteiger partial charge in [0.05, 0.1) is 11.8 Å². The first-order chi connectivity index (χ1) is 8.20. The second-order valence-corrected chi connectivity index (χ2v) is 4.27. The van der Waals surface area contributed by atoms with E-state index in [0.717, 1.165) is 28.8 Å². The van der Waals surface area contributed by atoms with Crippen molar-refractivity contribution in [3.8, 4) is 11.3 Å². The Labute approximate surface area is 102 Å². The molecule has 0 spiro atoms. The largest absolute Gasteiger partial charge is 0.388 e. The molecule has 2 nitrogen and oxygen atoms in total. The van der Waals surface area contributed by atoms with E-state index in [2.05, 4.69) is 11.1 Å². The standard InChI is InChI=1S/C15H17NO/c1-3-15(17)13-7-5-12(6-8-13)14-9-4-11(2)10-16-14/h4-10,15,17H,3H2,1-2H3. The molecule has 0 amide bonds. The minimum atomic E-state index is -0.366. The molecule has 17 heavy (non-hydrogen) atoms. The van der Waals surface area contributed by atoms with E-state index in [1.165, 1.54) is 0 Å². The van der Waals surface area contributed by atoms with Crippen LogP contribution in [0.1, 0.15) is 30.6 Å². The molecule has 88 valence electrons. The summed E-state index contributed by atoms with van der Waals surface area (Å²) < 4.78 is 0. The third-order valence-electron chi connectivity index (χ3n) is 2.89. The summed E-state index contributed by atoms with van der Waals surface area (Å²) in [5.41, 5.74) is 4.17. The van der Waals surface area contributed by atoms with Gasteiger partial charge in [-0.1, -0.05) is 37.3 Å². The van der Waals surface area contributed by atoms with E-state index in [4.69, 9.17) is 0 Å². The minimum absolute atomic E-state index is 0.366. The lowest BCUT2D eigenvalue weighted by Gasteiger charge is -2.08. The number of rotatable bonds is 3. The maximum Gasteiger partial charge on any atom is 0.0787 e. The lowest BCUT2D eigenvalue weighted by Crippen LogP contribution is -1.94. The fourth-order valence-corrected chi connectivity index (χ4v) is 1.75. The molecule has 1 aromatic heterocycles. The Morgan fingerprint density at radius 3 is 2.35 bits per heavy atom. The van der Waals surface area contributed by atoms with Crippen LogP contribution in [-0.4, -0.2) is 10.1 Å². The molecule has 0 aliphatic carbocycles. The number of aromatic nitrogens is 1. The van der Waals surface area contributed by atoms with Gasteiger partial charge in [-0.2, -0.15) is 0 Å². The van der Waals surface area contributed by atoms with Crippen molar-refractivity contribution in [2.24, 2.45) is 0 Å². The molecule has 2 rings (SSSR count). The Morgan fingerprint density at radius 1 is 1.12 bits per heavy atom. The number of aryl methyl sites for hydroxylation is 1. The Bertz CT molecular complexity index is 473. The topological polar surface area (TPSA) is 33.1 Å². The van der Waals surface area contributed by atoms with E-state index in [1.807, 2.05) is 50.4 Å². The Kier molecular flexibility index (Phi) is 3.55. The highest BCUT2D eigenvalue weighted by Gasteiger charge is 2.05. The smallest absolute Gasteiger partial charge is 0.0787 e. The zero-order valence-electron chi connectivity index (χ0n) is 10.2. The molecule has 1 atom stereocenters. The summed E-state index contributed by atoms with van der Waals surface area (Å²) in [6.07, 6.45) is 2.24. The van der Waals surface area contributed by atoms with E-state index in [-0.39, 0.29) is 6.10 Å². The summed E-state index contributed by atoms with van der Waals surface area (Å²) in [6, 6.07) is 12.0. The second-order valence-electron chi connectivity index (χ2n) is 4.27. The minimum Gasteiger partial charge on any atom is -0.388 e. The van der Waals surface area contributed by atoms with Crippen molar-refractivity contribution < 1.29 is 5.11 Å². The van der Waals surface area contributed by atoms with Crippen molar-refractivity contribution in [3.05, 3.63) is 53.7 Å². The molecule has 0 bridgehead atoms. The Morgan fingerprint density at radius 2 is 1.82 bits per heavy atom. The maximum atomic E-state index is 9.71. The predicted octanol–water partition coefficient (Wildman–Crippen LogP) is 3.50. The first-order valence-corrected chi connectivity index (χ1v) is 5.91. The van der Waals surface area contributed by atoms with Crippen LogP contribution in [0, 0.1) is 6.92 Å². The first-order valence-electron chi connectivity index (χ1n) is 5.91. The van der Waals surface area contributed by atoms with Crippen molar-refractivity contribution in [3.63, 3.8) is 0 Å². The summed E-state index contributed by atoms with van der Waals surface area (Å²) in [6.45, 7) is 4.00. The molecule has 1 heterocycles. The van der Waals surface area contributed by atoms with E-state index in [9.17, 15) is 5.11 Å². The van der Waals surface area contributed by atoms with Crippen molar-refractivity contribution in [2.75, 3.05) is 0 Å². The van der Waals surface area contributed by atoms with Crippen molar-refractivity contribution in [1.29, 1.82) is 0 Å². The number of pyridine rings is 1. The zero-order chi connectivity index (χ0) is 12.3. The van der Waals surface area contributed by atoms with Crippen molar-refractivity contribution in [2.45, 2.75) is 26.4 Å². The summed E-state index contributed by atoms with van der Waals surface area (Å²) in [4.78, 5) is 4.38. The van der Waals surface area contributed by atoms with E-state index in [0.29, 0.717) is 0 Å². The van der Waals surface area contributed by atoms with Crippen molar-refractivity contribution in [1.82, 2.24) is 4.98 Å². The zero-order valence-corrected chi connectivity index (χ0v) is 10.2. The molecule has 1 aromatic carbocycles. The van der Waals surface area contributed by atoms with Gasteiger partial charge in [0.1, 0.15) is 0 Å². The molecular formula is C15H17NO. The van der Waals surface area contributed by atoms with Gasteiger partial charge in [0.2, 0.25) is 0 Å². The predicted molar refractivity (Wildman–Crippen MR) is 69.7 cm³/mol. The monoisotopic (exact) mass is 227 g/mol. The summed E-state index contributed by atoms with van der Waals surface area (Å²) in [7, 11) is 0. The highest BCUT2D eigenvalue weighted by Crippen LogP contribution is 2.21. The number of hydrogen-bond acceptors (Lipinski definition) is 2. The lowest BCUT2D eigenvalue weighted by atomic mass is 10.0. The third-order valence-corrected chi connectivity index (χ3v) is 2.89. The second kappa shape index (κ2) is 5.11. The quantitative estimate of drug-likeness (QED) is 0.870. The van der Waals surface area contributed by atoms with Crippen LogP contribution in [-0.2, 0) is 0 Å². The van der Waals surface area contributed by atoms with Crippen LogP contribution in [0.25, 0.3) is 11.3 Å². The third kappa shape index (κ3) is 2.71. The molecule has 1 N–H and O–H groups in total. The molecule has 1 unspecified atom stereocenters. The van der Waals surface area contributed by atoms with Crippen LogP contribution in [0.3, 0.4) is 0 Å². The van der Waals surface area contributed by atoms with Crippen LogP contribution in [0.15, 0.2) is 42.6 Å². The van der Waals surface area contributed by atoms with Gasteiger partial charge in [-0.3, -0.25) is 4.98 Å². The first kappa shape index (κ1) is 11.8. The number of aliphatic hydroxyl groups excluding tert-OH is 1. The van der Waals surface area contributed by atoms with Crippen LogP contribution < -0.4 is 0 Å². The lowest BCUT2D eigenvalue weighted by molar-refractivity contribution is 0.173. The number of aliphatic hydroxyl groups is 1. The molecule has 0 aliphatic rings. The molecular weight excluding hydrogens is 210 g/mol. The summed E-state index contributed by atoms with van der Waals surface area (Å²) in [5.74, 6) is 0. The number of nitrogens with zero attached hydrogens (tertiary/aromatic N) is 1. The number of hydrogen-bond donors (Lipinski definition) is 1.